The number of hydrogen-bond donors (Lipinski definition) is 2. The number of benzene rings is 1. The number of carbonyl (C=O) groups excluding carboxylic acids is 1. The van der Waals surface area contributed by atoms with Crippen molar-refractivity contribution in [3.05, 3.63) is 24.3 Å². The van der Waals surface area contributed by atoms with Gasteiger partial charge in [0.15, 0.2) is 6.61 Å². The summed E-state index contributed by atoms with van der Waals surface area (Å²) in [5, 5.41) is 5.24. The molecule has 0 fully saturated rings. The van der Waals surface area contributed by atoms with Crippen LogP contribution in [0.5, 0.6) is 5.75 Å². The maximum Gasteiger partial charge on any atom is 0.422 e. The van der Waals surface area contributed by atoms with E-state index in [4.69, 9.17) is 0 Å². The molecule has 0 aliphatic carbocycles. The molecular formula is C11H14ClF3N2O2. The second-order valence-electron chi connectivity index (χ2n) is 3.51. The fraction of sp³-hybridized carbons (Fsp3) is 0.364. The van der Waals surface area contributed by atoms with Crippen molar-refractivity contribution in [3.8, 4) is 5.75 Å². The molecule has 0 heterocycles. The number of rotatable bonds is 5. The molecule has 108 valence electrons. The van der Waals surface area contributed by atoms with E-state index in [1.54, 1.807) is 7.05 Å². The Morgan fingerprint density at radius 1 is 1.26 bits per heavy atom. The van der Waals surface area contributed by atoms with Gasteiger partial charge in [-0.3, -0.25) is 4.79 Å². The third-order valence-corrected chi connectivity index (χ3v) is 1.88. The van der Waals surface area contributed by atoms with Crippen LogP contribution in [0.4, 0.5) is 18.9 Å². The van der Waals surface area contributed by atoms with E-state index in [-0.39, 0.29) is 30.6 Å². The van der Waals surface area contributed by atoms with E-state index in [1.807, 2.05) is 0 Å². The van der Waals surface area contributed by atoms with Crippen molar-refractivity contribution in [1.29, 1.82) is 0 Å². The molecule has 0 spiro atoms. The van der Waals surface area contributed by atoms with Crippen LogP contribution in [-0.2, 0) is 4.79 Å². The van der Waals surface area contributed by atoms with Crippen molar-refractivity contribution in [2.45, 2.75) is 6.18 Å². The number of alkyl halides is 3. The lowest BCUT2D eigenvalue weighted by molar-refractivity contribution is -0.153. The highest BCUT2D eigenvalue weighted by Crippen LogP contribution is 2.20. The van der Waals surface area contributed by atoms with Crippen LogP contribution in [0.1, 0.15) is 0 Å². The van der Waals surface area contributed by atoms with Crippen LogP contribution < -0.4 is 15.4 Å². The standard InChI is InChI=1S/C11H13F3N2O2.ClH/c1-15-6-10(17)16-8-2-4-9(5-3-8)18-7-11(12,13)14;/h2-5,15H,6-7H2,1H3,(H,16,17);1H. The van der Waals surface area contributed by atoms with Gasteiger partial charge in [-0.2, -0.15) is 13.2 Å². The summed E-state index contributed by atoms with van der Waals surface area (Å²) in [6.45, 7) is -1.18. The number of likely N-dealkylation sites (N-methyl/N-ethyl adjacent to an activating group) is 1. The zero-order chi connectivity index (χ0) is 13.6. The lowest BCUT2D eigenvalue weighted by Crippen LogP contribution is -2.25. The van der Waals surface area contributed by atoms with Crippen LogP contribution in [0, 0.1) is 0 Å². The van der Waals surface area contributed by atoms with E-state index in [0.717, 1.165) is 0 Å². The van der Waals surface area contributed by atoms with Crippen molar-refractivity contribution in [3.63, 3.8) is 0 Å². The normalized spacial score (nSPS) is 10.5. The first kappa shape index (κ1) is 17.5. The van der Waals surface area contributed by atoms with Gasteiger partial charge in [-0.1, -0.05) is 0 Å². The first-order chi connectivity index (χ1) is 8.40. The first-order valence-corrected chi connectivity index (χ1v) is 5.15. The molecule has 0 radical (unpaired) electrons. The van der Waals surface area contributed by atoms with Gasteiger partial charge in [-0.05, 0) is 31.3 Å². The SMILES string of the molecule is CNCC(=O)Nc1ccc(OCC(F)(F)F)cc1.Cl. The van der Waals surface area contributed by atoms with Crippen molar-refractivity contribution in [2.24, 2.45) is 0 Å². The van der Waals surface area contributed by atoms with Crippen LogP contribution >= 0.6 is 12.4 Å². The van der Waals surface area contributed by atoms with Crippen molar-refractivity contribution in [2.75, 3.05) is 25.5 Å². The molecule has 4 nitrogen and oxygen atoms in total. The third kappa shape index (κ3) is 7.53. The van der Waals surface area contributed by atoms with Crippen LogP contribution in [0.25, 0.3) is 0 Å². The number of nitrogens with one attached hydrogen (secondary N) is 2. The van der Waals surface area contributed by atoms with E-state index in [9.17, 15) is 18.0 Å². The topological polar surface area (TPSA) is 50.4 Å². The van der Waals surface area contributed by atoms with Crippen molar-refractivity contribution < 1.29 is 22.7 Å². The van der Waals surface area contributed by atoms with E-state index in [0.29, 0.717) is 5.69 Å². The van der Waals surface area contributed by atoms with Gasteiger partial charge in [-0.25, -0.2) is 0 Å². The van der Waals surface area contributed by atoms with Gasteiger partial charge < -0.3 is 15.4 Å². The molecule has 1 amide bonds. The zero-order valence-electron chi connectivity index (χ0n) is 10.1. The number of ether oxygens (including phenoxy) is 1. The van der Waals surface area contributed by atoms with Gasteiger partial charge in [0.05, 0.1) is 6.54 Å². The maximum atomic E-state index is 11.9. The van der Waals surface area contributed by atoms with Gasteiger partial charge in [0, 0.05) is 5.69 Å². The smallest absolute Gasteiger partial charge is 0.422 e. The molecule has 8 heteroatoms. The summed E-state index contributed by atoms with van der Waals surface area (Å²) in [5.74, 6) is -0.139. The Kier molecular flexibility index (Phi) is 7.25. The molecule has 0 aliphatic heterocycles. The summed E-state index contributed by atoms with van der Waals surface area (Å²) in [4.78, 5) is 11.2. The number of carbonyl (C=O) groups is 1. The van der Waals surface area contributed by atoms with Crippen LogP contribution in [0.2, 0.25) is 0 Å². The zero-order valence-corrected chi connectivity index (χ0v) is 10.9. The molecule has 2 N–H and O–H groups in total. The summed E-state index contributed by atoms with van der Waals surface area (Å²) >= 11 is 0. The average molecular weight is 299 g/mol. The first-order valence-electron chi connectivity index (χ1n) is 5.15. The van der Waals surface area contributed by atoms with E-state index in [1.165, 1.54) is 24.3 Å². The molecule has 0 aliphatic rings. The minimum absolute atomic E-state index is 0. The Morgan fingerprint density at radius 3 is 2.32 bits per heavy atom. The minimum atomic E-state index is -4.36. The Morgan fingerprint density at radius 2 is 1.84 bits per heavy atom. The van der Waals surface area contributed by atoms with Crippen LogP contribution in [0.3, 0.4) is 0 Å². The molecule has 0 unspecified atom stereocenters. The molecule has 0 saturated carbocycles. The Hall–Kier alpha value is -1.47. The fourth-order valence-electron chi connectivity index (χ4n) is 1.17. The highest BCUT2D eigenvalue weighted by atomic mass is 35.5. The Labute approximate surface area is 114 Å². The Bertz CT molecular complexity index is 396. The molecule has 1 aromatic carbocycles. The minimum Gasteiger partial charge on any atom is -0.484 e. The molecule has 0 aromatic heterocycles. The number of hydrogen-bond acceptors (Lipinski definition) is 3. The highest BCUT2D eigenvalue weighted by Gasteiger charge is 2.28. The van der Waals surface area contributed by atoms with Crippen LogP contribution in [-0.4, -0.2) is 32.3 Å². The van der Waals surface area contributed by atoms with Crippen molar-refractivity contribution in [1.82, 2.24) is 5.32 Å². The molecule has 0 atom stereocenters. The second kappa shape index (κ2) is 7.85. The maximum absolute atomic E-state index is 11.9. The van der Waals surface area contributed by atoms with Gasteiger partial charge >= 0.3 is 6.18 Å². The second-order valence-corrected chi connectivity index (χ2v) is 3.51. The van der Waals surface area contributed by atoms with Gasteiger partial charge in [0.2, 0.25) is 5.91 Å². The number of halogens is 4. The van der Waals surface area contributed by atoms with E-state index < -0.39 is 12.8 Å². The van der Waals surface area contributed by atoms with Gasteiger partial charge in [0.1, 0.15) is 5.75 Å². The molecule has 1 aromatic rings. The van der Waals surface area contributed by atoms with E-state index in [2.05, 4.69) is 15.4 Å². The average Bonchev–Trinajstić information content (AvgIpc) is 2.27. The quantitative estimate of drug-likeness (QED) is 0.876. The summed E-state index contributed by atoms with van der Waals surface area (Å²) < 4.78 is 40.2. The number of amides is 1. The third-order valence-electron chi connectivity index (χ3n) is 1.88. The largest absolute Gasteiger partial charge is 0.484 e. The summed E-state index contributed by atoms with van der Waals surface area (Å²) in [7, 11) is 1.63. The number of anilines is 1. The van der Waals surface area contributed by atoms with Gasteiger partial charge in [-0.15, -0.1) is 12.4 Å². The Balaban J connectivity index is 0.00000324. The predicted octanol–water partition coefficient (Wildman–Crippen LogP) is 2.21. The monoisotopic (exact) mass is 298 g/mol. The predicted molar refractivity (Wildman–Crippen MR) is 67.8 cm³/mol. The highest BCUT2D eigenvalue weighted by molar-refractivity contribution is 5.92. The van der Waals surface area contributed by atoms with Crippen LogP contribution in [0.15, 0.2) is 24.3 Å². The summed E-state index contributed by atoms with van der Waals surface area (Å²) in [5.41, 5.74) is 0.495. The molecule has 0 bridgehead atoms. The lowest BCUT2D eigenvalue weighted by Gasteiger charge is -2.10. The summed E-state index contributed by atoms with van der Waals surface area (Å²) in [6.07, 6.45) is -4.36. The van der Waals surface area contributed by atoms with Crippen molar-refractivity contribution >= 4 is 24.0 Å². The van der Waals surface area contributed by atoms with E-state index >= 15 is 0 Å². The molecule has 0 saturated heterocycles. The lowest BCUT2D eigenvalue weighted by atomic mass is 10.3. The molecule has 19 heavy (non-hydrogen) atoms. The van der Waals surface area contributed by atoms with Gasteiger partial charge in [0.25, 0.3) is 0 Å². The molecular weight excluding hydrogens is 285 g/mol. The summed E-state index contributed by atoms with van der Waals surface area (Å²) in [6, 6.07) is 5.67. The molecule has 1 rings (SSSR count). The fourth-order valence-corrected chi connectivity index (χ4v) is 1.17.